The van der Waals surface area contributed by atoms with Crippen LogP contribution in [-0.4, -0.2) is 21.3 Å². The zero-order chi connectivity index (χ0) is 13.3. The number of nitrogens with zero attached hydrogens (tertiary/aromatic N) is 1. The molecule has 0 unspecified atom stereocenters. The van der Waals surface area contributed by atoms with Gasteiger partial charge in [-0.05, 0) is 31.5 Å². The van der Waals surface area contributed by atoms with Gasteiger partial charge in [0.1, 0.15) is 5.15 Å². The van der Waals surface area contributed by atoms with Crippen molar-refractivity contribution in [2.75, 3.05) is 0 Å². The molecule has 0 spiro atoms. The predicted molar refractivity (Wildman–Crippen MR) is 72.7 cm³/mol. The predicted octanol–water partition coefficient (Wildman–Crippen LogP) is 3.00. The number of pyridine rings is 1. The molecule has 0 bridgehead atoms. The highest BCUT2D eigenvalue weighted by molar-refractivity contribution is 6.30. The molecule has 1 aromatic heterocycles. The summed E-state index contributed by atoms with van der Waals surface area (Å²) in [5.74, 6) is 0. The number of aliphatic hydroxyl groups is 2. The van der Waals surface area contributed by atoms with Crippen molar-refractivity contribution in [3.8, 4) is 0 Å². The largest absolute Gasteiger partial charge is 0.393 e. The summed E-state index contributed by atoms with van der Waals surface area (Å²) in [7, 11) is 0. The van der Waals surface area contributed by atoms with Gasteiger partial charge >= 0.3 is 0 Å². The van der Waals surface area contributed by atoms with Gasteiger partial charge in [0.15, 0.2) is 0 Å². The fraction of sp³-hybridized carbons (Fsp3) is 0.357. The molecule has 0 aliphatic rings. The van der Waals surface area contributed by atoms with Gasteiger partial charge in [0.05, 0.1) is 17.7 Å². The zero-order valence-electron chi connectivity index (χ0n) is 10.4. The Morgan fingerprint density at radius 1 is 1.28 bits per heavy atom. The minimum atomic E-state index is -0.796. The summed E-state index contributed by atoms with van der Waals surface area (Å²) in [4.78, 5) is 4.29. The van der Waals surface area contributed by atoms with Crippen LogP contribution in [0.25, 0.3) is 10.9 Å². The molecule has 0 amide bonds. The molecule has 1 aromatic carbocycles. The molecule has 18 heavy (non-hydrogen) atoms. The number of hydrogen-bond donors (Lipinski definition) is 2. The molecule has 2 rings (SSSR count). The molecule has 0 radical (unpaired) electrons. The minimum Gasteiger partial charge on any atom is -0.393 e. The van der Waals surface area contributed by atoms with Crippen molar-refractivity contribution in [1.29, 1.82) is 0 Å². The van der Waals surface area contributed by atoms with E-state index in [4.69, 9.17) is 11.6 Å². The van der Waals surface area contributed by atoms with Crippen molar-refractivity contribution >= 4 is 22.5 Å². The summed E-state index contributed by atoms with van der Waals surface area (Å²) in [6.45, 7) is 3.63. The van der Waals surface area contributed by atoms with Crippen molar-refractivity contribution in [2.45, 2.75) is 32.5 Å². The van der Waals surface area contributed by atoms with Gasteiger partial charge in [-0.1, -0.05) is 23.7 Å². The number of halogens is 1. The Hall–Kier alpha value is -1.16. The maximum absolute atomic E-state index is 10.0. The van der Waals surface area contributed by atoms with Crippen molar-refractivity contribution in [3.05, 3.63) is 40.5 Å². The number of benzene rings is 1. The van der Waals surface area contributed by atoms with E-state index in [1.54, 1.807) is 6.92 Å². The Morgan fingerprint density at radius 3 is 2.67 bits per heavy atom. The van der Waals surface area contributed by atoms with Crippen molar-refractivity contribution in [1.82, 2.24) is 4.98 Å². The van der Waals surface area contributed by atoms with Crippen LogP contribution in [0.5, 0.6) is 0 Å². The molecule has 96 valence electrons. The van der Waals surface area contributed by atoms with Gasteiger partial charge in [0, 0.05) is 17.4 Å². The first-order valence-electron chi connectivity index (χ1n) is 5.90. The minimum absolute atomic E-state index is 0.249. The smallest absolute Gasteiger partial charge is 0.135 e. The van der Waals surface area contributed by atoms with E-state index in [1.165, 1.54) is 0 Å². The van der Waals surface area contributed by atoms with Crippen LogP contribution in [-0.2, 0) is 0 Å². The second-order valence-corrected chi connectivity index (χ2v) is 5.02. The van der Waals surface area contributed by atoms with E-state index in [9.17, 15) is 10.2 Å². The van der Waals surface area contributed by atoms with Gasteiger partial charge in [-0.15, -0.1) is 0 Å². The second kappa shape index (κ2) is 5.22. The quantitative estimate of drug-likeness (QED) is 0.839. The first-order valence-corrected chi connectivity index (χ1v) is 6.28. The Labute approximate surface area is 111 Å². The van der Waals surface area contributed by atoms with Crippen LogP contribution in [0.2, 0.25) is 5.15 Å². The Bertz CT molecular complexity index is 569. The lowest BCUT2D eigenvalue weighted by molar-refractivity contribution is 0.0907. The van der Waals surface area contributed by atoms with Crippen LogP contribution in [0.15, 0.2) is 24.3 Å². The third-order valence-electron chi connectivity index (χ3n) is 2.88. The molecular weight excluding hydrogens is 250 g/mol. The number of rotatable bonds is 3. The van der Waals surface area contributed by atoms with Crippen LogP contribution < -0.4 is 0 Å². The Morgan fingerprint density at radius 2 is 2.00 bits per heavy atom. The highest BCUT2D eigenvalue weighted by atomic mass is 35.5. The Balaban J connectivity index is 2.46. The topological polar surface area (TPSA) is 53.4 Å². The number of hydrogen-bond acceptors (Lipinski definition) is 3. The van der Waals surface area contributed by atoms with Crippen molar-refractivity contribution in [2.24, 2.45) is 0 Å². The zero-order valence-corrected chi connectivity index (χ0v) is 11.1. The van der Waals surface area contributed by atoms with Gasteiger partial charge in [-0.2, -0.15) is 0 Å². The number of fused-ring (bicyclic) bond motifs is 1. The molecule has 0 saturated carbocycles. The molecule has 0 saturated heterocycles. The van der Waals surface area contributed by atoms with Gasteiger partial charge in [-0.3, -0.25) is 0 Å². The van der Waals surface area contributed by atoms with Gasteiger partial charge in [0.2, 0.25) is 0 Å². The van der Waals surface area contributed by atoms with E-state index in [0.717, 1.165) is 16.5 Å². The van der Waals surface area contributed by atoms with Crippen LogP contribution >= 0.6 is 11.6 Å². The average Bonchev–Trinajstić information content (AvgIpc) is 2.26. The van der Waals surface area contributed by atoms with E-state index in [2.05, 4.69) is 4.98 Å². The third kappa shape index (κ3) is 2.80. The summed E-state index contributed by atoms with van der Waals surface area (Å²) < 4.78 is 0. The van der Waals surface area contributed by atoms with E-state index < -0.39 is 12.2 Å². The van der Waals surface area contributed by atoms with Crippen molar-refractivity contribution in [3.63, 3.8) is 0 Å². The number of aromatic nitrogens is 1. The fourth-order valence-corrected chi connectivity index (χ4v) is 2.23. The summed E-state index contributed by atoms with van der Waals surface area (Å²) in [6, 6.07) is 7.72. The molecule has 0 aliphatic carbocycles. The summed E-state index contributed by atoms with van der Waals surface area (Å²) in [6.07, 6.45) is -1.13. The van der Waals surface area contributed by atoms with Crippen molar-refractivity contribution < 1.29 is 10.2 Å². The third-order valence-corrected chi connectivity index (χ3v) is 3.18. The van der Waals surface area contributed by atoms with Crippen LogP contribution in [0, 0.1) is 6.92 Å². The Kier molecular flexibility index (Phi) is 3.85. The lowest BCUT2D eigenvalue weighted by atomic mass is 10.0. The summed E-state index contributed by atoms with van der Waals surface area (Å²) in [5, 5.41) is 20.5. The first-order chi connectivity index (χ1) is 8.47. The maximum Gasteiger partial charge on any atom is 0.135 e. The van der Waals surface area contributed by atoms with E-state index in [1.807, 2.05) is 31.2 Å². The van der Waals surface area contributed by atoms with Crippen LogP contribution in [0.1, 0.15) is 30.6 Å². The second-order valence-electron chi connectivity index (χ2n) is 4.67. The highest BCUT2D eigenvalue weighted by Gasteiger charge is 2.16. The molecule has 0 fully saturated rings. The van der Waals surface area contributed by atoms with Gasteiger partial charge in [-0.25, -0.2) is 4.98 Å². The lowest BCUT2D eigenvalue weighted by Crippen LogP contribution is -2.09. The number of aliphatic hydroxyl groups excluding tert-OH is 2. The monoisotopic (exact) mass is 265 g/mol. The molecule has 2 aromatic rings. The van der Waals surface area contributed by atoms with E-state index >= 15 is 0 Å². The summed E-state index contributed by atoms with van der Waals surface area (Å²) >= 11 is 6.08. The molecule has 1 heterocycles. The normalized spacial score (nSPS) is 14.7. The average molecular weight is 266 g/mol. The standard InChI is InChI=1S/C14H16ClNO2/c1-8-3-4-10-7-11(13(18)6-9(2)17)14(15)16-12(10)5-8/h3-5,7,9,13,17-18H,6H2,1-2H3/t9-,13-/m0/s1. The molecular formula is C14H16ClNO2. The highest BCUT2D eigenvalue weighted by Crippen LogP contribution is 2.28. The SMILES string of the molecule is Cc1ccc2cc([C@@H](O)C[C@H](C)O)c(Cl)nc2c1. The molecule has 4 heteroatoms. The van der Waals surface area contributed by atoms with Gasteiger partial charge < -0.3 is 10.2 Å². The van der Waals surface area contributed by atoms with Gasteiger partial charge in [0.25, 0.3) is 0 Å². The van der Waals surface area contributed by atoms with E-state index in [-0.39, 0.29) is 6.42 Å². The number of aryl methyl sites for hydroxylation is 1. The molecule has 3 nitrogen and oxygen atoms in total. The van der Waals surface area contributed by atoms with Crippen LogP contribution in [0.3, 0.4) is 0 Å². The fourth-order valence-electron chi connectivity index (χ4n) is 1.95. The lowest BCUT2D eigenvalue weighted by Gasteiger charge is -2.14. The maximum atomic E-state index is 10.0. The first kappa shape index (κ1) is 13.3. The molecule has 2 N–H and O–H groups in total. The van der Waals surface area contributed by atoms with E-state index in [0.29, 0.717) is 10.7 Å². The van der Waals surface area contributed by atoms with Crippen LogP contribution in [0.4, 0.5) is 0 Å². The molecule has 0 aliphatic heterocycles. The molecule has 2 atom stereocenters. The summed E-state index contributed by atoms with van der Waals surface area (Å²) in [5.41, 5.74) is 2.49.